The Morgan fingerprint density at radius 1 is 0.727 bits per heavy atom. The second-order valence-electron chi connectivity index (χ2n) is 14.9. The van der Waals surface area contributed by atoms with E-state index < -0.39 is 6.10 Å². The summed E-state index contributed by atoms with van der Waals surface area (Å²) in [7, 11) is 0. The van der Waals surface area contributed by atoms with Crippen molar-refractivity contribution < 1.29 is 20.1 Å². The van der Waals surface area contributed by atoms with Gasteiger partial charge >= 0.3 is 0 Å². The van der Waals surface area contributed by atoms with Crippen molar-refractivity contribution in [1.82, 2.24) is 0 Å². The molecule has 2 unspecified atom stereocenters. The van der Waals surface area contributed by atoms with Gasteiger partial charge in [0.25, 0.3) is 0 Å². The van der Waals surface area contributed by atoms with Crippen LogP contribution in [0.4, 0.5) is 0 Å². The molecule has 0 radical (unpaired) electrons. The number of rotatable bonds is 1. The van der Waals surface area contributed by atoms with E-state index in [1.54, 1.807) is 0 Å². The minimum Gasteiger partial charge on any atom is -0.393 e. The lowest BCUT2D eigenvalue weighted by Crippen LogP contribution is -2.67. The Hall–Kier alpha value is -0.160. The molecule has 0 aromatic carbocycles. The van der Waals surface area contributed by atoms with Crippen LogP contribution >= 0.6 is 0 Å². The second kappa shape index (κ2) is 7.43. The maximum absolute atomic E-state index is 11.8. The van der Waals surface area contributed by atoms with Gasteiger partial charge in [0.05, 0.1) is 29.5 Å². The topological polar surface area (TPSA) is 69.9 Å². The van der Waals surface area contributed by atoms with E-state index in [2.05, 4.69) is 48.5 Å². The molecular formula is C29H50O4. The molecule has 0 spiro atoms. The Labute approximate surface area is 201 Å². The summed E-state index contributed by atoms with van der Waals surface area (Å²) in [4.78, 5) is 0. The Kier molecular flexibility index (Phi) is 5.52. The van der Waals surface area contributed by atoms with Crippen molar-refractivity contribution in [3.05, 3.63) is 0 Å². The van der Waals surface area contributed by atoms with Crippen LogP contribution in [0.1, 0.15) is 106 Å². The molecule has 33 heavy (non-hydrogen) atoms. The quantitative estimate of drug-likeness (QED) is 0.493. The first-order valence-corrected chi connectivity index (χ1v) is 13.9. The Morgan fingerprint density at radius 2 is 1.39 bits per heavy atom. The summed E-state index contributed by atoms with van der Waals surface area (Å²) >= 11 is 0. The molecule has 0 aromatic rings. The normalized spacial score (nSPS) is 57.6. The molecule has 4 saturated carbocycles. The molecule has 11 atom stereocenters. The Balaban J connectivity index is 1.49. The van der Waals surface area contributed by atoms with E-state index >= 15 is 0 Å². The first kappa shape index (κ1) is 24.5. The maximum Gasteiger partial charge on any atom is 0.0693 e. The fourth-order valence-corrected chi connectivity index (χ4v) is 11.1. The molecule has 1 aliphatic heterocycles. The molecule has 4 aliphatic carbocycles. The minimum atomic E-state index is -0.392. The highest BCUT2D eigenvalue weighted by molar-refractivity contribution is 5.18. The molecule has 190 valence electrons. The van der Waals surface area contributed by atoms with Gasteiger partial charge in [0.2, 0.25) is 0 Å². The van der Waals surface area contributed by atoms with Crippen LogP contribution in [0.2, 0.25) is 0 Å². The van der Waals surface area contributed by atoms with Crippen LogP contribution in [0.5, 0.6) is 0 Å². The van der Waals surface area contributed by atoms with E-state index in [4.69, 9.17) is 4.74 Å². The lowest BCUT2D eigenvalue weighted by molar-refractivity contribution is -0.259. The third-order valence-corrected chi connectivity index (χ3v) is 12.2. The molecule has 4 nitrogen and oxygen atoms in total. The first-order valence-electron chi connectivity index (χ1n) is 13.9. The van der Waals surface area contributed by atoms with Crippen LogP contribution in [-0.2, 0) is 4.74 Å². The van der Waals surface area contributed by atoms with E-state index in [9.17, 15) is 15.3 Å². The van der Waals surface area contributed by atoms with Crippen LogP contribution in [0.15, 0.2) is 0 Å². The van der Waals surface area contributed by atoms with Gasteiger partial charge in [-0.05, 0) is 124 Å². The van der Waals surface area contributed by atoms with Gasteiger partial charge in [0.15, 0.2) is 0 Å². The van der Waals surface area contributed by atoms with Crippen molar-refractivity contribution in [2.75, 3.05) is 0 Å². The van der Waals surface area contributed by atoms with E-state index in [1.165, 1.54) is 6.42 Å². The third kappa shape index (κ3) is 3.36. The van der Waals surface area contributed by atoms with Gasteiger partial charge in [-0.3, -0.25) is 0 Å². The van der Waals surface area contributed by atoms with Gasteiger partial charge in [-0.15, -0.1) is 0 Å². The zero-order chi connectivity index (χ0) is 24.2. The van der Waals surface area contributed by atoms with Gasteiger partial charge in [0, 0.05) is 0 Å². The molecule has 0 aromatic heterocycles. The highest BCUT2D eigenvalue weighted by Crippen LogP contribution is 2.72. The number of hydrogen-bond donors (Lipinski definition) is 3. The van der Waals surface area contributed by atoms with Crippen molar-refractivity contribution in [1.29, 1.82) is 0 Å². The van der Waals surface area contributed by atoms with Crippen LogP contribution in [0.25, 0.3) is 0 Å². The smallest absolute Gasteiger partial charge is 0.0693 e. The average Bonchev–Trinajstić information content (AvgIpc) is 3.14. The molecule has 0 bridgehead atoms. The summed E-state index contributed by atoms with van der Waals surface area (Å²) in [6.45, 7) is 15.9. The predicted molar refractivity (Wildman–Crippen MR) is 131 cm³/mol. The lowest BCUT2D eigenvalue weighted by atomic mass is 9.37. The highest BCUT2D eigenvalue weighted by atomic mass is 16.5. The largest absolute Gasteiger partial charge is 0.393 e. The van der Waals surface area contributed by atoms with Crippen molar-refractivity contribution in [2.24, 2.45) is 45.8 Å². The fourth-order valence-electron chi connectivity index (χ4n) is 11.1. The van der Waals surface area contributed by atoms with Crippen LogP contribution in [0, 0.1) is 45.8 Å². The SMILES string of the molecule is CC1(C)CCC[C@@](C)([C@H]2CCC3[C@@H]2[C@H](O)C[C@H]2[C@@]3(C)C[C@H](O)C3C(C)(C)[C@@H](O)CC[C@@]32C)O1. The standard InChI is InChI=1S/C29H50O4/c1-25(2)12-8-13-29(7,33-25)18-10-9-17-23(18)19(30)15-21-27(5)14-11-22(32)26(3,4)24(27)20(31)16-28(17,21)6/h17-24,30-32H,8-16H2,1-7H3/t17?,18-,19+,20-,21+,22-,23-,24?,27+,28-,29-/m0/s1. The zero-order valence-corrected chi connectivity index (χ0v) is 22.2. The molecule has 5 aliphatic rings. The molecule has 5 fully saturated rings. The van der Waals surface area contributed by atoms with Crippen molar-refractivity contribution in [2.45, 2.75) is 136 Å². The van der Waals surface area contributed by atoms with E-state index in [0.29, 0.717) is 17.8 Å². The van der Waals surface area contributed by atoms with Crippen LogP contribution in [-0.4, -0.2) is 44.8 Å². The molecule has 1 heterocycles. The van der Waals surface area contributed by atoms with Gasteiger partial charge in [-0.25, -0.2) is 0 Å². The molecular weight excluding hydrogens is 412 g/mol. The maximum atomic E-state index is 11.8. The summed E-state index contributed by atoms with van der Waals surface area (Å²) in [5, 5.41) is 34.3. The van der Waals surface area contributed by atoms with Crippen molar-refractivity contribution in [3.63, 3.8) is 0 Å². The van der Waals surface area contributed by atoms with Gasteiger partial charge in [-0.2, -0.15) is 0 Å². The van der Waals surface area contributed by atoms with Crippen molar-refractivity contribution >= 4 is 0 Å². The van der Waals surface area contributed by atoms with E-state index in [-0.39, 0.29) is 51.5 Å². The van der Waals surface area contributed by atoms with E-state index in [0.717, 1.165) is 51.4 Å². The fraction of sp³-hybridized carbons (Fsp3) is 1.00. The minimum absolute atomic E-state index is 0.0300. The monoisotopic (exact) mass is 462 g/mol. The molecule has 4 heteroatoms. The first-order chi connectivity index (χ1) is 15.2. The highest BCUT2D eigenvalue weighted by Gasteiger charge is 2.69. The number of hydrogen-bond acceptors (Lipinski definition) is 4. The van der Waals surface area contributed by atoms with Crippen LogP contribution in [0.3, 0.4) is 0 Å². The molecule has 1 saturated heterocycles. The Bertz CT molecular complexity index is 778. The molecule has 0 amide bonds. The third-order valence-electron chi connectivity index (χ3n) is 12.2. The van der Waals surface area contributed by atoms with Crippen LogP contribution < -0.4 is 0 Å². The number of aliphatic hydroxyl groups is 3. The lowest BCUT2D eigenvalue weighted by Gasteiger charge is -2.69. The second-order valence-corrected chi connectivity index (χ2v) is 14.9. The summed E-state index contributed by atoms with van der Waals surface area (Å²) < 4.78 is 6.79. The molecule has 3 N–H and O–H groups in total. The summed E-state index contributed by atoms with van der Waals surface area (Å²) in [5.74, 6) is 1.55. The number of fused-ring (bicyclic) bond motifs is 5. The van der Waals surface area contributed by atoms with Gasteiger partial charge in [0.1, 0.15) is 0 Å². The van der Waals surface area contributed by atoms with E-state index in [1.807, 2.05) is 0 Å². The van der Waals surface area contributed by atoms with Crippen molar-refractivity contribution in [3.8, 4) is 0 Å². The zero-order valence-electron chi connectivity index (χ0n) is 22.2. The van der Waals surface area contributed by atoms with Gasteiger partial charge < -0.3 is 20.1 Å². The average molecular weight is 463 g/mol. The number of aliphatic hydroxyl groups excluding tert-OH is 3. The predicted octanol–water partition coefficient (Wildman–Crippen LogP) is 5.32. The van der Waals surface area contributed by atoms with Gasteiger partial charge in [-0.1, -0.05) is 27.7 Å². The summed E-state index contributed by atoms with van der Waals surface area (Å²) in [5.41, 5.74) is -0.577. The summed E-state index contributed by atoms with van der Waals surface area (Å²) in [6, 6.07) is 0. The number of ether oxygens (including phenoxy) is 1. The molecule has 5 rings (SSSR count). The summed E-state index contributed by atoms with van der Waals surface area (Å²) in [6.07, 6.45) is 7.99. The Morgan fingerprint density at radius 3 is 2.06 bits per heavy atom.